The van der Waals surface area contributed by atoms with Crippen LogP contribution in [0.3, 0.4) is 0 Å². The molecule has 2 aliphatic rings. The fourth-order valence-corrected chi connectivity index (χ4v) is 4.04. The topological polar surface area (TPSA) is 56.8 Å². The Morgan fingerprint density at radius 2 is 1.82 bits per heavy atom. The number of ether oxygens (including phenoxy) is 3. The third-order valence-corrected chi connectivity index (χ3v) is 5.51. The van der Waals surface area contributed by atoms with Crippen molar-refractivity contribution < 1.29 is 27.8 Å². The molecule has 1 aliphatic carbocycles. The van der Waals surface area contributed by atoms with E-state index in [1.54, 1.807) is 19.2 Å². The number of nitrogens with one attached hydrogen (secondary N) is 1. The van der Waals surface area contributed by atoms with Crippen molar-refractivity contribution in [2.45, 2.75) is 33.0 Å². The second kappa shape index (κ2) is 6.09. The van der Waals surface area contributed by atoms with Gasteiger partial charge in [-0.2, -0.15) is 0 Å². The first-order valence-electron chi connectivity index (χ1n) is 8.98. The van der Waals surface area contributed by atoms with Crippen molar-refractivity contribution in [2.24, 2.45) is 11.3 Å². The zero-order valence-corrected chi connectivity index (χ0v) is 16.0. The monoisotopic (exact) mass is 389 g/mol. The molecule has 1 N–H and O–H groups in total. The number of halogens is 2. The molecule has 1 saturated carbocycles. The van der Waals surface area contributed by atoms with Crippen LogP contribution in [0.4, 0.5) is 14.5 Å². The third kappa shape index (κ3) is 3.04. The molecule has 2 unspecified atom stereocenters. The van der Waals surface area contributed by atoms with Crippen molar-refractivity contribution in [2.75, 3.05) is 12.4 Å². The predicted molar refractivity (Wildman–Crippen MR) is 99.0 cm³/mol. The number of methoxy groups -OCH3 is 1. The smallest absolute Gasteiger partial charge is 0.495 e. The lowest BCUT2D eigenvalue weighted by Gasteiger charge is -2.11. The second-order valence-electron chi connectivity index (χ2n) is 7.84. The number of hydrogen-bond donors (Lipinski definition) is 1. The highest BCUT2D eigenvalue weighted by atomic mass is 19.3. The minimum atomic E-state index is -3.65. The highest BCUT2D eigenvalue weighted by Crippen LogP contribution is 2.65. The van der Waals surface area contributed by atoms with Crippen LogP contribution in [-0.4, -0.2) is 19.3 Å². The van der Waals surface area contributed by atoms with Gasteiger partial charge in [0, 0.05) is 5.92 Å². The molecule has 0 saturated heterocycles. The van der Waals surface area contributed by atoms with Crippen LogP contribution in [0.5, 0.6) is 17.2 Å². The van der Waals surface area contributed by atoms with Crippen molar-refractivity contribution in [1.82, 2.24) is 0 Å². The van der Waals surface area contributed by atoms with Gasteiger partial charge in [-0.1, -0.05) is 26.0 Å². The van der Waals surface area contributed by atoms with Crippen molar-refractivity contribution in [3.63, 3.8) is 0 Å². The van der Waals surface area contributed by atoms with Crippen LogP contribution in [0.25, 0.3) is 0 Å². The fourth-order valence-electron chi connectivity index (χ4n) is 4.04. The average molecular weight is 389 g/mol. The van der Waals surface area contributed by atoms with E-state index in [9.17, 15) is 13.6 Å². The molecule has 1 fully saturated rings. The Morgan fingerprint density at radius 3 is 2.54 bits per heavy atom. The molecule has 0 spiro atoms. The van der Waals surface area contributed by atoms with Gasteiger partial charge in [0.15, 0.2) is 11.5 Å². The SMILES string of the molecule is COc1ccc(C)cc1NC(=O)C1C(c2ccc3c(c2)OC(F)(F)O3)C1(C)C. The van der Waals surface area contributed by atoms with Crippen molar-refractivity contribution in [3.05, 3.63) is 47.5 Å². The highest BCUT2D eigenvalue weighted by molar-refractivity contribution is 5.97. The number of aryl methyl sites for hydroxylation is 1. The van der Waals surface area contributed by atoms with E-state index in [0.717, 1.165) is 11.1 Å². The molecule has 2 aromatic rings. The minimum absolute atomic E-state index is 0.00213. The first-order valence-corrected chi connectivity index (χ1v) is 8.98. The van der Waals surface area contributed by atoms with Gasteiger partial charge in [0.2, 0.25) is 5.91 Å². The van der Waals surface area contributed by atoms with E-state index in [4.69, 9.17) is 4.74 Å². The molecule has 1 heterocycles. The molecule has 4 rings (SSSR count). The zero-order valence-electron chi connectivity index (χ0n) is 16.0. The molecule has 0 aromatic heterocycles. The number of anilines is 1. The highest BCUT2D eigenvalue weighted by Gasteiger charge is 2.62. The molecule has 0 bridgehead atoms. The number of carbonyl (C=O) groups excluding carboxylic acids is 1. The van der Waals surface area contributed by atoms with E-state index in [0.29, 0.717) is 11.4 Å². The number of carbonyl (C=O) groups is 1. The summed E-state index contributed by atoms with van der Waals surface area (Å²) in [5.41, 5.74) is 2.05. The Morgan fingerprint density at radius 1 is 1.11 bits per heavy atom. The van der Waals surface area contributed by atoms with Gasteiger partial charge in [-0.15, -0.1) is 8.78 Å². The molecule has 148 valence electrons. The molecule has 2 aromatic carbocycles. The maximum atomic E-state index is 13.3. The van der Waals surface area contributed by atoms with Gasteiger partial charge in [0.1, 0.15) is 5.75 Å². The Bertz CT molecular complexity index is 957. The van der Waals surface area contributed by atoms with Crippen molar-refractivity contribution >= 4 is 11.6 Å². The first-order chi connectivity index (χ1) is 13.1. The second-order valence-corrected chi connectivity index (χ2v) is 7.84. The van der Waals surface area contributed by atoms with Crippen LogP contribution in [-0.2, 0) is 4.79 Å². The quantitative estimate of drug-likeness (QED) is 0.823. The summed E-state index contributed by atoms with van der Waals surface area (Å²) >= 11 is 0. The number of fused-ring (bicyclic) bond motifs is 1. The Hall–Kier alpha value is -2.83. The maximum Gasteiger partial charge on any atom is 0.586 e. The predicted octanol–water partition coefficient (Wildman–Crippen LogP) is 4.70. The Kier molecular flexibility index (Phi) is 4.03. The van der Waals surface area contributed by atoms with E-state index in [-0.39, 0.29) is 34.7 Å². The van der Waals surface area contributed by atoms with Crippen LogP contribution in [0.1, 0.15) is 30.9 Å². The summed E-state index contributed by atoms with van der Waals surface area (Å²) in [6.45, 7) is 5.89. The van der Waals surface area contributed by atoms with E-state index in [2.05, 4.69) is 14.8 Å². The minimum Gasteiger partial charge on any atom is -0.495 e. The van der Waals surface area contributed by atoms with Crippen LogP contribution >= 0.6 is 0 Å². The normalized spacial score (nSPS) is 23.2. The molecule has 1 amide bonds. The van der Waals surface area contributed by atoms with Crippen LogP contribution in [0.2, 0.25) is 0 Å². The van der Waals surface area contributed by atoms with Gasteiger partial charge < -0.3 is 19.5 Å². The largest absolute Gasteiger partial charge is 0.586 e. The lowest BCUT2D eigenvalue weighted by atomic mass is 10.0. The van der Waals surface area contributed by atoms with Gasteiger partial charge in [-0.3, -0.25) is 4.79 Å². The summed E-state index contributed by atoms with van der Waals surface area (Å²) in [6.07, 6.45) is -3.65. The van der Waals surface area contributed by atoms with Gasteiger partial charge in [0.25, 0.3) is 0 Å². The van der Waals surface area contributed by atoms with Crippen LogP contribution in [0, 0.1) is 18.3 Å². The lowest BCUT2D eigenvalue weighted by Crippen LogP contribution is -2.25. The zero-order chi connectivity index (χ0) is 20.3. The number of rotatable bonds is 4. The fraction of sp³-hybridized carbons (Fsp3) is 0.381. The number of benzene rings is 2. The van der Waals surface area contributed by atoms with Crippen molar-refractivity contribution in [3.8, 4) is 17.2 Å². The van der Waals surface area contributed by atoms with E-state index >= 15 is 0 Å². The molecular formula is C21H21F2NO4. The van der Waals surface area contributed by atoms with E-state index < -0.39 is 6.29 Å². The average Bonchev–Trinajstić information content (AvgIpc) is 3.03. The number of amides is 1. The molecule has 1 aliphatic heterocycles. The summed E-state index contributed by atoms with van der Waals surface area (Å²) < 4.78 is 40.8. The molecule has 7 heteroatoms. The summed E-state index contributed by atoms with van der Waals surface area (Å²) in [6, 6.07) is 10.3. The summed E-state index contributed by atoms with van der Waals surface area (Å²) in [5, 5.41) is 2.95. The number of alkyl halides is 2. The summed E-state index contributed by atoms with van der Waals surface area (Å²) in [5.74, 6) is 0.00797. The van der Waals surface area contributed by atoms with E-state index in [1.807, 2.05) is 32.9 Å². The summed E-state index contributed by atoms with van der Waals surface area (Å²) in [7, 11) is 1.55. The first kappa shape index (κ1) is 18.5. The van der Waals surface area contributed by atoms with Crippen LogP contribution < -0.4 is 19.5 Å². The summed E-state index contributed by atoms with van der Waals surface area (Å²) in [4.78, 5) is 12.9. The third-order valence-electron chi connectivity index (χ3n) is 5.51. The van der Waals surface area contributed by atoms with Gasteiger partial charge in [-0.05, 0) is 47.7 Å². The number of hydrogen-bond acceptors (Lipinski definition) is 4. The maximum absolute atomic E-state index is 13.3. The lowest BCUT2D eigenvalue weighted by molar-refractivity contribution is -0.286. The van der Waals surface area contributed by atoms with Gasteiger partial charge >= 0.3 is 6.29 Å². The molecule has 2 atom stereocenters. The van der Waals surface area contributed by atoms with Crippen LogP contribution in [0.15, 0.2) is 36.4 Å². The van der Waals surface area contributed by atoms with Crippen molar-refractivity contribution in [1.29, 1.82) is 0 Å². The molecular weight excluding hydrogens is 368 g/mol. The standard InChI is InChI=1S/C21H21F2NO4/c1-11-5-7-14(26-4)13(9-11)24-19(25)18-17(20(18,2)3)12-6-8-15-16(10-12)28-21(22,23)27-15/h5-10,17-18H,1-4H3,(H,24,25). The Balaban J connectivity index is 1.56. The molecule has 0 radical (unpaired) electrons. The molecule has 5 nitrogen and oxygen atoms in total. The molecule has 28 heavy (non-hydrogen) atoms. The van der Waals surface area contributed by atoms with Gasteiger partial charge in [0.05, 0.1) is 18.7 Å². The van der Waals surface area contributed by atoms with E-state index in [1.165, 1.54) is 12.1 Å². The van der Waals surface area contributed by atoms with Gasteiger partial charge in [-0.25, -0.2) is 0 Å². The Labute approximate surface area is 161 Å².